The van der Waals surface area contributed by atoms with Gasteiger partial charge in [-0.3, -0.25) is 4.79 Å². The fraction of sp³-hybridized carbons (Fsp3) is 0.900. The second kappa shape index (κ2) is 5.87. The van der Waals surface area contributed by atoms with Crippen LogP contribution in [0.5, 0.6) is 0 Å². The Morgan fingerprint density at radius 3 is 2.56 bits per heavy atom. The summed E-state index contributed by atoms with van der Waals surface area (Å²) in [5.74, 6) is -0.0919. The van der Waals surface area contributed by atoms with Crippen molar-refractivity contribution in [3.8, 4) is 0 Å². The van der Waals surface area contributed by atoms with Crippen LogP contribution in [-0.2, 0) is 13.8 Å². The molecule has 1 fully saturated rings. The van der Waals surface area contributed by atoms with Gasteiger partial charge in [0.1, 0.15) is 5.25 Å². The van der Waals surface area contributed by atoms with Gasteiger partial charge in [-0.1, -0.05) is 26.2 Å². The lowest BCUT2D eigenvalue weighted by Gasteiger charge is -2.15. The van der Waals surface area contributed by atoms with Crippen LogP contribution in [0.4, 0.5) is 0 Å². The molecular weight excluding hydrogens is 250 g/mol. The van der Waals surface area contributed by atoms with Crippen LogP contribution >= 0.6 is 10.7 Å². The van der Waals surface area contributed by atoms with E-state index in [-0.39, 0.29) is 18.9 Å². The Kier molecular flexibility index (Phi) is 5.05. The lowest BCUT2D eigenvalue weighted by atomic mass is 10.2. The van der Waals surface area contributed by atoms with E-state index in [9.17, 15) is 13.2 Å². The van der Waals surface area contributed by atoms with Gasteiger partial charge in [-0.05, 0) is 6.42 Å². The molecule has 6 heteroatoms. The lowest BCUT2D eigenvalue weighted by Crippen LogP contribution is -2.28. The molecule has 0 bridgehead atoms. The van der Waals surface area contributed by atoms with Crippen LogP contribution in [0, 0.1) is 0 Å². The first-order valence-corrected chi connectivity index (χ1v) is 8.03. The zero-order valence-electron chi connectivity index (χ0n) is 9.49. The SMILES string of the molecule is CCCCCCN1CC(S(=O)(=O)Cl)CC1=O. The van der Waals surface area contributed by atoms with Crippen molar-refractivity contribution in [2.45, 2.75) is 44.3 Å². The van der Waals surface area contributed by atoms with E-state index >= 15 is 0 Å². The van der Waals surface area contributed by atoms with Gasteiger partial charge in [0.05, 0.1) is 0 Å². The van der Waals surface area contributed by atoms with Crippen LogP contribution in [0.1, 0.15) is 39.0 Å². The smallest absolute Gasteiger partial charge is 0.237 e. The van der Waals surface area contributed by atoms with Crippen LogP contribution < -0.4 is 0 Å². The Labute approximate surface area is 101 Å². The largest absolute Gasteiger partial charge is 0.341 e. The second-order valence-electron chi connectivity index (χ2n) is 4.20. The molecule has 0 radical (unpaired) electrons. The van der Waals surface area contributed by atoms with E-state index in [1.165, 1.54) is 0 Å². The molecule has 94 valence electrons. The quantitative estimate of drug-likeness (QED) is 0.544. The summed E-state index contributed by atoms with van der Waals surface area (Å²) in [6.45, 7) is 3.04. The van der Waals surface area contributed by atoms with E-state index in [0.29, 0.717) is 6.54 Å². The van der Waals surface area contributed by atoms with Crippen LogP contribution in [0.3, 0.4) is 0 Å². The average molecular weight is 268 g/mol. The molecule has 0 saturated carbocycles. The van der Waals surface area contributed by atoms with E-state index < -0.39 is 14.3 Å². The average Bonchev–Trinajstić information content (AvgIpc) is 2.55. The zero-order valence-corrected chi connectivity index (χ0v) is 11.1. The third-order valence-electron chi connectivity index (χ3n) is 2.86. The molecule has 1 amide bonds. The number of hydrogen-bond acceptors (Lipinski definition) is 3. The van der Waals surface area contributed by atoms with E-state index in [1.807, 2.05) is 0 Å². The molecule has 1 aliphatic heterocycles. The fourth-order valence-electron chi connectivity index (χ4n) is 1.87. The molecule has 0 aromatic carbocycles. The molecule has 1 saturated heterocycles. The van der Waals surface area contributed by atoms with E-state index in [4.69, 9.17) is 10.7 Å². The monoisotopic (exact) mass is 267 g/mol. The summed E-state index contributed by atoms with van der Waals surface area (Å²) < 4.78 is 22.2. The summed E-state index contributed by atoms with van der Waals surface area (Å²) in [5, 5.41) is -0.715. The van der Waals surface area contributed by atoms with Gasteiger partial charge in [-0.2, -0.15) is 0 Å². The molecule has 1 aliphatic rings. The third-order valence-corrected chi connectivity index (χ3v) is 4.73. The number of unbranched alkanes of at least 4 members (excludes halogenated alkanes) is 3. The summed E-state index contributed by atoms with van der Waals surface area (Å²) in [5.41, 5.74) is 0. The normalized spacial score (nSPS) is 21.8. The maximum absolute atomic E-state index is 11.5. The standard InChI is InChI=1S/C10H18ClNO3S/c1-2-3-4-5-6-12-8-9(7-10(12)13)16(11,14)15/h9H,2-8H2,1H3. The van der Waals surface area contributed by atoms with Crippen molar-refractivity contribution in [2.24, 2.45) is 0 Å². The molecule has 0 aromatic rings. The molecule has 0 spiro atoms. The molecular formula is C10H18ClNO3S. The summed E-state index contributed by atoms with van der Waals surface area (Å²) in [6, 6.07) is 0. The number of rotatable bonds is 6. The number of hydrogen-bond donors (Lipinski definition) is 0. The highest BCUT2D eigenvalue weighted by Gasteiger charge is 2.36. The van der Waals surface area contributed by atoms with E-state index in [2.05, 4.69) is 6.92 Å². The Bertz CT molecular complexity index is 342. The predicted octanol–water partition coefficient (Wildman–Crippen LogP) is 1.74. The maximum Gasteiger partial charge on any atom is 0.237 e. The molecule has 0 N–H and O–H groups in total. The zero-order chi connectivity index (χ0) is 12.2. The minimum atomic E-state index is -3.59. The number of halogens is 1. The van der Waals surface area contributed by atoms with Gasteiger partial charge in [0.2, 0.25) is 15.0 Å². The number of nitrogens with zero attached hydrogens (tertiary/aromatic N) is 1. The van der Waals surface area contributed by atoms with Gasteiger partial charge in [0, 0.05) is 30.2 Å². The fourth-order valence-corrected chi connectivity index (χ4v) is 2.93. The molecule has 16 heavy (non-hydrogen) atoms. The van der Waals surface area contributed by atoms with Gasteiger partial charge < -0.3 is 4.90 Å². The molecule has 1 rings (SSSR count). The maximum atomic E-state index is 11.5. The molecule has 1 heterocycles. The third kappa shape index (κ3) is 3.94. The molecule has 0 aliphatic carbocycles. The number of amides is 1. The highest BCUT2D eigenvalue weighted by atomic mass is 35.7. The van der Waals surface area contributed by atoms with E-state index in [0.717, 1.165) is 25.7 Å². The first-order valence-electron chi connectivity index (χ1n) is 5.66. The summed E-state index contributed by atoms with van der Waals surface area (Å²) in [4.78, 5) is 13.1. The Balaban J connectivity index is 2.37. The highest BCUT2D eigenvalue weighted by Crippen LogP contribution is 2.21. The Morgan fingerprint density at radius 1 is 1.38 bits per heavy atom. The summed E-state index contributed by atoms with van der Waals surface area (Å²) in [6.07, 6.45) is 4.36. The van der Waals surface area contributed by atoms with Gasteiger partial charge in [0.25, 0.3) is 0 Å². The van der Waals surface area contributed by atoms with Crippen LogP contribution in [0.2, 0.25) is 0 Å². The molecule has 0 aromatic heterocycles. The first-order chi connectivity index (χ1) is 7.45. The minimum Gasteiger partial charge on any atom is -0.341 e. The van der Waals surface area contributed by atoms with Gasteiger partial charge in [-0.15, -0.1) is 0 Å². The molecule has 4 nitrogen and oxygen atoms in total. The topological polar surface area (TPSA) is 54.5 Å². The van der Waals surface area contributed by atoms with Crippen LogP contribution in [0.15, 0.2) is 0 Å². The van der Waals surface area contributed by atoms with Crippen molar-refractivity contribution in [3.63, 3.8) is 0 Å². The van der Waals surface area contributed by atoms with Gasteiger partial charge >= 0.3 is 0 Å². The van der Waals surface area contributed by atoms with Crippen molar-refractivity contribution in [1.82, 2.24) is 4.90 Å². The molecule has 1 atom stereocenters. The Hall–Kier alpha value is -0.290. The Morgan fingerprint density at radius 2 is 2.06 bits per heavy atom. The van der Waals surface area contributed by atoms with Crippen molar-refractivity contribution in [2.75, 3.05) is 13.1 Å². The van der Waals surface area contributed by atoms with Gasteiger partial charge in [0.15, 0.2) is 0 Å². The van der Waals surface area contributed by atoms with Crippen molar-refractivity contribution >= 4 is 25.6 Å². The summed E-state index contributed by atoms with van der Waals surface area (Å²) in [7, 11) is 1.65. The van der Waals surface area contributed by atoms with Crippen molar-refractivity contribution in [3.05, 3.63) is 0 Å². The molecule has 1 unspecified atom stereocenters. The minimum absolute atomic E-state index is 0.0413. The number of carbonyl (C=O) groups excluding carboxylic acids is 1. The first kappa shape index (κ1) is 13.8. The number of carbonyl (C=O) groups is 1. The van der Waals surface area contributed by atoms with Crippen LogP contribution in [0.25, 0.3) is 0 Å². The van der Waals surface area contributed by atoms with E-state index in [1.54, 1.807) is 4.90 Å². The van der Waals surface area contributed by atoms with Gasteiger partial charge in [-0.25, -0.2) is 8.42 Å². The second-order valence-corrected chi connectivity index (χ2v) is 7.11. The summed E-state index contributed by atoms with van der Waals surface area (Å²) >= 11 is 0. The van der Waals surface area contributed by atoms with Crippen molar-refractivity contribution in [1.29, 1.82) is 0 Å². The predicted molar refractivity (Wildman–Crippen MR) is 63.9 cm³/mol. The van der Waals surface area contributed by atoms with Crippen molar-refractivity contribution < 1.29 is 13.2 Å². The number of likely N-dealkylation sites (tertiary alicyclic amines) is 1. The van der Waals surface area contributed by atoms with Crippen LogP contribution in [-0.4, -0.2) is 37.6 Å². The highest BCUT2D eigenvalue weighted by molar-refractivity contribution is 8.14. The lowest BCUT2D eigenvalue weighted by molar-refractivity contribution is -0.127.